The Balaban J connectivity index is 1.89. The Morgan fingerprint density at radius 2 is 2.22 bits per heavy atom. The van der Waals surface area contributed by atoms with Crippen LogP contribution in [0.5, 0.6) is 0 Å². The van der Waals surface area contributed by atoms with Crippen LogP contribution in [0.3, 0.4) is 0 Å². The zero-order valence-electron chi connectivity index (χ0n) is 11.6. The van der Waals surface area contributed by atoms with Gasteiger partial charge < -0.3 is 15.0 Å². The molecule has 0 saturated heterocycles. The van der Waals surface area contributed by atoms with Crippen LogP contribution in [0.2, 0.25) is 0 Å². The summed E-state index contributed by atoms with van der Waals surface area (Å²) in [6, 6.07) is 0. The van der Waals surface area contributed by atoms with Crippen LogP contribution < -0.4 is 5.32 Å². The summed E-state index contributed by atoms with van der Waals surface area (Å²) in [6.07, 6.45) is 8.95. The van der Waals surface area contributed by atoms with Gasteiger partial charge in [-0.1, -0.05) is 0 Å². The molecule has 1 unspecified atom stereocenters. The normalized spacial score (nSPS) is 18.4. The number of aliphatic hydroxyl groups excluding tert-OH is 1. The van der Waals surface area contributed by atoms with Crippen molar-refractivity contribution in [3.05, 3.63) is 17.7 Å². The number of imidazole rings is 1. The topological polar surface area (TPSA) is 50.1 Å². The molecule has 1 atom stereocenters. The second-order valence-electron chi connectivity index (χ2n) is 5.61. The third kappa shape index (κ3) is 2.93. The molecule has 0 radical (unpaired) electrons. The van der Waals surface area contributed by atoms with Crippen LogP contribution in [-0.2, 0) is 19.4 Å². The van der Waals surface area contributed by atoms with Crippen molar-refractivity contribution < 1.29 is 5.11 Å². The van der Waals surface area contributed by atoms with E-state index >= 15 is 0 Å². The molecule has 0 saturated carbocycles. The van der Waals surface area contributed by atoms with E-state index in [0.29, 0.717) is 0 Å². The molecule has 1 heterocycles. The highest BCUT2D eigenvalue weighted by molar-refractivity contribution is 5.16. The number of likely N-dealkylation sites (N-methyl/N-ethyl adjacent to an activating group) is 1. The third-order valence-electron chi connectivity index (χ3n) is 4.19. The van der Waals surface area contributed by atoms with Gasteiger partial charge in [-0.3, -0.25) is 0 Å². The van der Waals surface area contributed by atoms with Crippen LogP contribution in [0.1, 0.15) is 44.0 Å². The highest BCUT2D eigenvalue weighted by Crippen LogP contribution is 2.21. The van der Waals surface area contributed by atoms with Gasteiger partial charge in [-0.05, 0) is 52.5 Å². The predicted molar refractivity (Wildman–Crippen MR) is 72.7 cm³/mol. The fraction of sp³-hybridized carbons (Fsp3) is 0.786. The van der Waals surface area contributed by atoms with E-state index in [2.05, 4.69) is 21.8 Å². The van der Waals surface area contributed by atoms with Gasteiger partial charge >= 0.3 is 0 Å². The Morgan fingerprint density at radius 1 is 1.44 bits per heavy atom. The van der Waals surface area contributed by atoms with Gasteiger partial charge in [0.25, 0.3) is 0 Å². The molecule has 0 spiro atoms. The van der Waals surface area contributed by atoms with Gasteiger partial charge in [0, 0.05) is 17.8 Å². The fourth-order valence-corrected chi connectivity index (χ4v) is 2.65. The predicted octanol–water partition coefficient (Wildman–Crippen LogP) is 1.51. The molecular weight excluding hydrogens is 226 g/mol. The number of nitrogens with one attached hydrogen (secondary N) is 1. The van der Waals surface area contributed by atoms with E-state index in [1.807, 2.05) is 13.4 Å². The largest absolute Gasteiger partial charge is 0.394 e. The minimum atomic E-state index is -0.152. The number of fused-ring (bicyclic) bond motifs is 1. The van der Waals surface area contributed by atoms with Crippen LogP contribution in [-0.4, -0.2) is 33.9 Å². The summed E-state index contributed by atoms with van der Waals surface area (Å²) in [6.45, 7) is 3.27. The Bertz CT molecular complexity index is 382. The van der Waals surface area contributed by atoms with Crippen molar-refractivity contribution in [3.63, 3.8) is 0 Å². The molecule has 1 aromatic heterocycles. The molecule has 0 aliphatic heterocycles. The third-order valence-corrected chi connectivity index (χ3v) is 4.19. The van der Waals surface area contributed by atoms with Gasteiger partial charge in [0.1, 0.15) is 0 Å². The Labute approximate surface area is 109 Å². The van der Waals surface area contributed by atoms with Crippen molar-refractivity contribution in [2.45, 2.75) is 57.5 Å². The Kier molecular flexibility index (Phi) is 4.40. The number of rotatable bonds is 6. The monoisotopic (exact) mass is 251 g/mol. The molecule has 4 heteroatoms. The molecule has 2 N–H and O–H groups in total. The number of nitrogens with zero attached hydrogens (tertiary/aromatic N) is 2. The van der Waals surface area contributed by atoms with E-state index in [1.54, 1.807) is 0 Å². The van der Waals surface area contributed by atoms with Gasteiger partial charge in [-0.2, -0.15) is 0 Å². The van der Waals surface area contributed by atoms with Crippen molar-refractivity contribution in [2.75, 3.05) is 13.7 Å². The standard InChI is InChI=1S/C14H25N3O/c1-14(10-18,15-2)8-5-9-17-11-16-12-6-3-4-7-13(12)17/h11,15,18H,3-10H2,1-2H3. The summed E-state index contributed by atoms with van der Waals surface area (Å²) in [5.74, 6) is 0. The van der Waals surface area contributed by atoms with Crippen molar-refractivity contribution in [1.29, 1.82) is 0 Å². The second kappa shape index (κ2) is 5.85. The smallest absolute Gasteiger partial charge is 0.0951 e. The van der Waals surface area contributed by atoms with Crippen LogP contribution >= 0.6 is 0 Å². The average molecular weight is 251 g/mol. The zero-order chi connectivity index (χ0) is 13.0. The van der Waals surface area contributed by atoms with Gasteiger partial charge in [-0.15, -0.1) is 0 Å². The molecule has 1 aliphatic rings. The van der Waals surface area contributed by atoms with Gasteiger partial charge in [0.05, 0.1) is 18.6 Å². The first-order valence-corrected chi connectivity index (χ1v) is 7.01. The quantitative estimate of drug-likeness (QED) is 0.806. The lowest BCUT2D eigenvalue weighted by Crippen LogP contribution is -2.43. The van der Waals surface area contributed by atoms with Crippen molar-refractivity contribution in [2.24, 2.45) is 0 Å². The van der Waals surface area contributed by atoms with Crippen LogP contribution in [0, 0.1) is 0 Å². The first-order valence-electron chi connectivity index (χ1n) is 7.01. The molecule has 2 rings (SSSR count). The van der Waals surface area contributed by atoms with E-state index in [1.165, 1.54) is 30.7 Å². The zero-order valence-corrected chi connectivity index (χ0v) is 11.6. The van der Waals surface area contributed by atoms with E-state index in [0.717, 1.165) is 25.8 Å². The summed E-state index contributed by atoms with van der Waals surface area (Å²) in [4.78, 5) is 4.51. The molecule has 0 fully saturated rings. The van der Waals surface area contributed by atoms with Crippen molar-refractivity contribution in [3.8, 4) is 0 Å². The molecule has 0 amide bonds. The van der Waals surface area contributed by atoms with Crippen LogP contribution in [0.25, 0.3) is 0 Å². The highest BCUT2D eigenvalue weighted by atomic mass is 16.3. The number of aryl methyl sites for hydroxylation is 2. The number of aromatic nitrogens is 2. The molecule has 18 heavy (non-hydrogen) atoms. The minimum Gasteiger partial charge on any atom is -0.394 e. The average Bonchev–Trinajstić information content (AvgIpc) is 2.82. The maximum atomic E-state index is 9.35. The fourth-order valence-electron chi connectivity index (χ4n) is 2.65. The maximum Gasteiger partial charge on any atom is 0.0951 e. The number of hydrogen-bond acceptors (Lipinski definition) is 3. The highest BCUT2D eigenvalue weighted by Gasteiger charge is 2.20. The minimum absolute atomic E-state index is 0.152. The molecule has 0 bridgehead atoms. The summed E-state index contributed by atoms with van der Waals surface area (Å²) in [5.41, 5.74) is 2.59. The van der Waals surface area contributed by atoms with Gasteiger partial charge in [0.15, 0.2) is 0 Å². The lowest BCUT2D eigenvalue weighted by Gasteiger charge is -2.27. The first kappa shape index (κ1) is 13.6. The first-order chi connectivity index (χ1) is 8.68. The molecule has 102 valence electrons. The maximum absolute atomic E-state index is 9.35. The molecular formula is C14H25N3O. The van der Waals surface area contributed by atoms with E-state index in [4.69, 9.17) is 0 Å². The van der Waals surface area contributed by atoms with Gasteiger partial charge in [-0.25, -0.2) is 4.98 Å². The van der Waals surface area contributed by atoms with Gasteiger partial charge in [0.2, 0.25) is 0 Å². The molecule has 4 nitrogen and oxygen atoms in total. The number of hydrogen-bond donors (Lipinski definition) is 2. The molecule has 0 aromatic carbocycles. The summed E-state index contributed by atoms with van der Waals surface area (Å²) < 4.78 is 2.31. The number of aliphatic hydroxyl groups is 1. The summed E-state index contributed by atoms with van der Waals surface area (Å²) >= 11 is 0. The summed E-state index contributed by atoms with van der Waals surface area (Å²) in [7, 11) is 1.91. The lowest BCUT2D eigenvalue weighted by atomic mass is 9.97. The van der Waals surface area contributed by atoms with E-state index in [-0.39, 0.29) is 12.1 Å². The van der Waals surface area contributed by atoms with E-state index in [9.17, 15) is 5.11 Å². The molecule has 1 aliphatic carbocycles. The second-order valence-corrected chi connectivity index (χ2v) is 5.61. The Hall–Kier alpha value is -0.870. The van der Waals surface area contributed by atoms with Crippen molar-refractivity contribution >= 4 is 0 Å². The van der Waals surface area contributed by atoms with Crippen LogP contribution in [0.15, 0.2) is 6.33 Å². The summed E-state index contributed by atoms with van der Waals surface area (Å²) in [5, 5.41) is 12.5. The Morgan fingerprint density at radius 3 is 2.94 bits per heavy atom. The SMILES string of the molecule is CNC(C)(CO)CCCn1cnc2c1CCCC2. The van der Waals surface area contributed by atoms with E-state index < -0.39 is 0 Å². The van der Waals surface area contributed by atoms with Crippen molar-refractivity contribution in [1.82, 2.24) is 14.9 Å². The van der Waals surface area contributed by atoms with Crippen LogP contribution in [0.4, 0.5) is 0 Å². The molecule has 1 aromatic rings. The lowest BCUT2D eigenvalue weighted by molar-refractivity contribution is 0.170.